The predicted molar refractivity (Wildman–Crippen MR) is 34.7 cm³/mol. The van der Waals surface area contributed by atoms with Crippen molar-refractivity contribution >= 4 is 23.2 Å². The summed E-state index contributed by atoms with van der Waals surface area (Å²) in [6.45, 7) is 3.54. The Labute approximate surface area is 58.3 Å². The first kappa shape index (κ1) is 8.25. The van der Waals surface area contributed by atoms with Crippen LogP contribution in [0.1, 0.15) is 13.8 Å². The highest BCUT2D eigenvalue weighted by atomic mass is 35.5. The zero-order valence-electron chi connectivity index (χ0n) is 4.71. The van der Waals surface area contributed by atoms with E-state index in [9.17, 15) is 4.39 Å². The zero-order chi connectivity index (χ0) is 6.73. The molecule has 48 valence electrons. The van der Waals surface area contributed by atoms with Gasteiger partial charge in [0.1, 0.15) is 0 Å². The fraction of sp³-hybridized carbons (Fsp3) is 0.600. The molecule has 0 amide bonds. The summed E-state index contributed by atoms with van der Waals surface area (Å²) in [6.07, 6.45) is 0. The highest BCUT2D eigenvalue weighted by Gasteiger charge is 2.03. The molecular weight excluding hydrogens is 150 g/mol. The molecule has 0 saturated heterocycles. The summed E-state index contributed by atoms with van der Waals surface area (Å²) in [7, 11) is 0. The molecule has 0 bridgehead atoms. The van der Waals surface area contributed by atoms with Crippen LogP contribution in [0.25, 0.3) is 0 Å². The maximum Gasteiger partial charge on any atom is 0.203 e. The lowest BCUT2D eigenvalue weighted by Gasteiger charge is -1.98. The molecule has 0 atom stereocenters. The van der Waals surface area contributed by atoms with Crippen molar-refractivity contribution in [3.63, 3.8) is 0 Å². The van der Waals surface area contributed by atoms with Crippen molar-refractivity contribution in [3.05, 3.63) is 10.3 Å². The van der Waals surface area contributed by atoms with Gasteiger partial charge in [0.15, 0.2) is 0 Å². The Kier molecular flexibility index (Phi) is 3.41. The average Bonchev–Trinajstić information content (AvgIpc) is 1.64. The molecule has 0 unspecified atom stereocenters. The molecule has 0 aliphatic carbocycles. The minimum absolute atomic E-state index is 0.0193. The smallest absolute Gasteiger partial charge is 0.192 e. The largest absolute Gasteiger partial charge is 0.203 e. The first-order valence-corrected chi connectivity index (χ1v) is 3.02. The van der Waals surface area contributed by atoms with Gasteiger partial charge < -0.3 is 0 Å². The van der Waals surface area contributed by atoms with E-state index in [-0.39, 0.29) is 11.0 Å². The number of allylic oxidation sites excluding steroid dienone is 1. The van der Waals surface area contributed by atoms with Gasteiger partial charge in [0, 0.05) is 0 Å². The molecule has 0 spiro atoms. The number of hydrogen-bond donors (Lipinski definition) is 0. The van der Waals surface area contributed by atoms with E-state index in [0.717, 1.165) is 0 Å². The molecule has 0 aromatic carbocycles. The SMILES string of the molecule is CC(C)/C(Cl)=C(\F)Cl. The second kappa shape index (κ2) is 3.31. The summed E-state index contributed by atoms with van der Waals surface area (Å²) >= 11 is 10.2. The lowest BCUT2D eigenvalue weighted by atomic mass is 10.2. The maximum absolute atomic E-state index is 11.9. The van der Waals surface area contributed by atoms with Crippen LogP contribution in [0.2, 0.25) is 0 Å². The number of hydrogen-bond acceptors (Lipinski definition) is 0. The Morgan fingerprint density at radius 2 is 1.75 bits per heavy atom. The zero-order valence-corrected chi connectivity index (χ0v) is 6.22. The molecule has 0 rings (SSSR count). The molecule has 0 heterocycles. The quantitative estimate of drug-likeness (QED) is 0.547. The molecule has 0 fully saturated rings. The van der Waals surface area contributed by atoms with Crippen LogP contribution in [0, 0.1) is 5.92 Å². The summed E-state index contributed by atoms with van der Waals surface area (Å²) < 4.78 is 11.9. The molecular formula is C5H7Cl2F. The third-order valence-electron chi connectivity index (χ3n) is 0.687. The van der Waals surface area contributed by atoms with Crippen LogP contribution >= 0.6 is 23.2 Å². The lowest BCUT2D eigenvalue weighted by molar-refractivity contribution is 0.663. The van der Waals surface area contributed by atoms with E-state index < -0.39 is 5.29 Å². The van der Waals surface area contributed by atoms with Crippen LogP contribution in [0.3, 0.4) is 0 Å². The third-order valence-corrected chi connectivity index (χ3v) is 1.59. The van der Waals surface area contributed by atoms with E-state index in [1.54, 1.807) is 13.8 Å². The van der Waals surface area contributed by atoms with Crippen molar-refractivity contribution in [2.24, 2.45) is 5.92 Å². The van der Waals surface area contributed by atoms with E-state index in [0.29, 0.717) is 0 Å². The predicted octanol–water partition coefficient (Wildman–Crippen LogP) is 3.26. The van der Waals surface area contributed by atoms with E-state index in [1.165, 1.54) is 0 Å². The van der Waals surface area contributed by atoms with Crippen LogP contribution < -0.4 is 0 Å². The van der Waals surface area contributed by atoms with Crippen molar-refractivity contribution in [1.29, 1.82) is 0 Å². The minimum Gasteiger partial charge on any atom is -0.192 e. The van der Waals surface area contributed by atoms with Crippen molar-refractivity contribution in [2.45, 2.75) is 13.8 Å². The Morgan fingerprint density at radius 3 is 1.75 bits per heavy atom. The fourth-order valence-electron chi connectivity index (χ4n) is 0.218. The van der Waals surface area contributed by atoms with Crippen molar-refractivity contribution in [3.8, 4) is 0 Å². The topological polar surface area (TPSA) is 0 Å². The highest BCUT2D eigenvalue weighted by molar-refractivity contribution is 6.38. The van der Waals surface area contributed by atoms with Gasteiger partial charge in [-0.1, -0.05) is 25.4 Å². The molecule has 0 aromatic heterocycles. The highest BCUT2D eigenvalue weighted by Crippen LogP contribution is 2.22. The van der Waals surface area contributed by atoms with Gasteiger partial charge in [0.2, 0.25) is 5.29 Å². The van der Waals surface area contributed by atoms with Gasteiger partial charge in [0.05, 0.1) is 5.03 Å². The molecule has 0 radical (unpaired) electrons. The van der Waals surface area contributed by atoms with E-state index in [4.69, 9.17) is 23.2 Å². The van der Waals surface area contributed by atoms with Crippen molar-refractivity contribution < 1.29 is 4.39 Å². The number of halogens is 3. The fourth-order valence-corrected chi connectivity index (χ4v) is 0.436. The second-order valence-corrected chi connectivity index (χ2v) is 2.50. The second-order valence-electron chi connectivity index (χ2n) is 1.76. The summed E-state index contributed by atoms with van der Waals surface area (Å²) in [6, 6.07) is 0. The van der Waals surface area contributed by atoms with Crippen LogP contribution in [0.15, 0.2) is 10.3 Å². The molecule has 0 aromatic rings. The maximum atomic E-state index is 11.9. The molecule has 0 saturated carbocycles. The monoisotopic (exact) mass is 156 g/mol. The first-order chi connectivity index (χ1) is 3.55. The molecule has 0 nitrogen and oxygen atoms in total. The molecule has 0 N–H and O–H groups in total. The van der Waals surface area contributed by atoms with Gasteiger partial charge in [-0.2, -0.15) is 4.39 Å². The third kappa shape index (κ3) is 2.53. The van der Waals surface area contributed by atoms with Crippen molar-refractivity contribution in [2.75, 3.05) is 0 Å². The van der Waals surface area contributed by atoms with Crippen LogP contribution in [0.5, 0.6) is 0 Å². The van der Waals surface area contributed by atoms with Crippen LogP contribution in [0.4, 0.5) is 4.39 Å². The van der Waals surface area contributed by atoms with Crippen LogP contribution in [-0.2, 0) is 0 Å². The van der Waals surface area contributed by atoms with Crippen molar-refractivity contribution in [1.82, 2.24) is 0 Å². The van der Waals surface area contributed by atoms with Crippen LogP contribution in [-0.4, -0.2) is 0 Å². The lowest BCUT2D eigenvalue weighted by Crippen LogP contribution is -1.85. The first-order valence-electron chi connectivity index (χ1n) is 2.26. The number of rotatable bonds is 1. The van der Waals surface area contributed by atoms with Gasteiger partial charge in [0.25, 0.3) is 0 Å². The Morgan fingerprint density at radius 1 is 1.38 bits per heavy atom. The van der Waals surface area contributed by atoms with Gasteiger partial charge in [-0.25, -0.2) is 0 Å². The van der Waals surface area contributed by atoms with Gasteiger partial charge >= 0.3 is 0 Å². The Bertz CT molecular complexity index is 103. The average molecular weight is 157 g/mol. The molecule has 8 heavy (non-hydrogen) atoms. The minimum atomic E-state index is -0.804. The van der Waals surface area contributed by atoms with Gasteiger partial charge in [-0.3, -0.25) is 0 Å². The summed E-state index contributed by atoms with van der Waals surface area (Å²) in [5.41, 5.74) is 0. The Hall–Kier alpha value is 0.250. The summed E-state index contributed by atoms with van der Waals surface area (Å²) in [5.74, 6) is -0.0193. The summed E-state index contributed by atoms with van der Waals surface area (Å²) in [4.78, 5) is 0. The van der Waals surface area contributed by atoms with E-state index in [1.807, 2.05) is 0 Å². The molecule has 0 aliphatic heterocycles. The molecule has 0 aliphatic rings. The van der Waals surface area contributed by atoms with E-state index >= 15 is 0 Å². The van der Waals surface area contributed by atoms with E-state index in [2.05, 4.69) is 0 Å². The Balaban J connectivity index is 4.00. The normalized spacial score (nSPS) is 14.2. The van der Waals surface area contributed by atoms with Gasteiger partial charge in [-0.05, 0) is 17.5 Å². The standard InChI is InChI=1S/C5H7Cl2F/c1-3(2)4(6)5(7)8/h3H,1-2H3/b5-4+. The summed E-state index contributed by atoms with van der Waals surface area (Å²) in [5, 5.41) is -0.715. The van der Waals surface area contributed by atoms with Gasteiger partial charge in [-0.15, -0.1) is 0 Å². The molecule has 3 heteroatoms.